The van der Waals surface area contributed by atoms with Crippen LogP contribution >= 0.6 is 0 Å². The minimum Gasteiger partial charge on any atom is -0.491 e. The van der Waals surface area contributed by atoms with Gasteiger partial charge in [0.25, 0.3) is 0 Å². The van der Waals surface area contributed by atoms with Crippen molar-refractivity contribution in [2.75, 3.05) is 20.3 Å². The zero-order valence-electron chi connectivity index (χ0n) is 7.88. The third-order valence-corrected chi connectivity index (χ3v) is 1.55. The largest absolute Gasteiger partial charge is 0.491 e. The van der Waals surface area contributed by atoms with Crippen molar-refractivity contribution in [2.45, 2.75) is 0 Å². The summed E-state index contributed by atoms with van der Waals surface area (Å²) in [6.07, 6.45) is 0. The van der Waals surface area contributed by atoms with Crippen molar-refractivity contribution in [1.82, 2.24) is 0 Å². The van der Waals surface area contributed by atoms with E-state index in [0.29, 0.717) is 18.9 Å². The van der Waals surface area contributed by atoms with Gasteiger partial charge in [-0.2, -0.15) is 0 Å². The third kappa shape index (κ3) is 3.35. The second-order valence-corrected chi connectivity index (χ2v) is 2.52. The Morgan fingerprint density at radius 2 is 2.00 bits per heavy atom. The maximum absolute atomic E-state index is 8.17. The highest BCUT2D eigenvalue weighted by Crippen LogP contribution is 2.17. The summed E-state index contributed by atoms with van der Waals surface area (Å²) >= 11 is 0. The van der Waals surface area contributed by atoms with E-state index in [1.54, 1.807) is 31.4 Å². The van der Waals surface area contributed by atoms with Crippen LogP contribution in [0.25, 0.3) is 10.4 Å². The molecule has 0 N–H and O–H groups in total. The molecule has 0 aliphatic carbocycles. The van der Waals surface area contributed by atoms with E-state index < -0.39 is 0 Å². The molecule has 1 rings (SSSR count). The predicted octanol–water partition coefficient (Wildman–Crippen LogP) is 2.65. The standard InChI is InChI=1S/C9H11N3O2/c1-13-6-7-14-9-4-2-8(3-5-9)11-12-10/h2-5H,6-7H2,1H3. The van der Waals surface area contributed by atoms with Gasteiger partial charge in [-0.1, -0.05) is 5.11 Å². The molecule has 0 spiro atoms. The van der Waals surface area contributed by atoms with Crippen molar-refractivity contribution in [1.29, 1.82) is 0 Å². The van der Waals surface area contributed by atoms with E-state index in [4.69, 9.17) is 15.0 Å². The maximum Gasteiger partial charge on any atom is 0.119 e. The van der Waals surface area contributed by atoms with E-state index in [9.17, 15) is 0 Å². The molecule has 0 fully saturated rings. The van der Waals surface area contributed by atoms with Crippen molar-refractivity contribution < 1.29 is 9.47 Å². The van der Waals surface area contributed by atoms with E-state index in [-0.39, 0.29) is 0 Å². The molecule has 0 radical (unpaired) electrons. The minimum atomic E-state index is 0.511. The maximum atomic E-state index is 8.17. The van der Waals surface area contributed by atoms with E-state index in [0.717, 1.165) is 5.75 Å². The van der Waals surface area contributed by atoms with Crippen molar-refractivity contribution in [3.63, 3.8) is 0 Å². The Kier molecular flexibility index (Phi) is 4.34. The first-order valence-electron chi connectivity index (χ1n) is 4.13. The van der Waals surface area contributed by atoms with Crippen LogP contribution in [0.3, 0.4) is 0 Å². The zero-order valence-corrected chi connectivity index (χ0v) is 7.88. The van der Waals surface area contributed by atoms with Crippen LogP contribution in [-0.2, 0) is 4.74 Å². The number of hydrogen-bond donors (Lipinski definition) is 0. The quantitative estimate of drug-likeness (QED) is 0.312. The van der Waals surface area contributed by atoms with Crippen LogP contribution in [0, 0.1) is 0 Å². The van der Waals surface area contributed by atoms with Crippen LogP contribution in [0.15, 0.2) is 29.4 Å². The number of ether oxygens (including phenoxy) is 2. The molecule has 0 aromatic heterocycles. The Morgan fingerprint density at radius 3 is 2.57 bits per heavy atom. The first-order valence-corrected chi connectivity index (χ1v) is 4.13. The van der Waals surface area contributed by atoms with Crippen molar-refractivity contribution >= 4 is 5.69 Å². The number of nitrogens with zero attached hydrogens (tertiary/aromatic N) is 3. The molecule has 1 aromatic carbocycles. The number of rotatable bonds is 5. The smallest absolute Gasteiger partial charge is 0.119 e. The highest BCUT2D eigenvalue weighted by Gasteiger charge is 1.93. The predicted molar refractivity (Wildman–Crippen MR) is 52.6 cm³/mol. The molecule has 0 bridgehead atoms. The molecule has 0 amide bonds. The Balaban J connectivity index is 2.50. The van der Waals surface area contributed by atoms with E-state index in [1.807, 2.05) is 0 Å². The van der Waals surface area contributed by atoms with E-state index in [2.05, 4.69) is 10.0 Å². The van der Waals surface area contributed by atoms with Crippen LogP contribution in [0.5, 0.6) is 5.75 Å². The summed E-state index contributed by atoms with van der Waals surface area (Å²) < 4.78 is 10.2. The Bertz CT molecular complexity index is 317. The number of azide groups is 1. The number of hydrogen-bond acceptors (Lipinski definition) is 3. The fraction of sp³-hybridized carbons (Fsp3) is 0.333. The normalized spacial score (nSPS) is 9.21. The zero-order chi connectivity index (χ0) is 10.2. The Morgan fingerprint density at radius 1 is 1.29 bits per heavy atom. The Hall–Kier alpha value is -1.71. The van der Waals surface area contributed by atoms with Crippen molar-refractivity contribution in [3.8, 4) is 5.75 Å². The fourth-order valence-electron chi connectivity index (χ4n) is 0.904. The van der Waals surface area contributed by atoms with Gasteiger partial charge < -0.3 is 9.47 Å². The second-order valence-electron chi connectivity index (χ2n) is 2.52. The van der Waals surface area contributed by atoms with Crippen molar-refractivity contribution in [2.24, 2.45) is 5.11 Å². The molecular formula is C9H11N3O2. The molecule has 0 saturated carbocycles. The molecular weight excluding hydrogens is 182 g/mol. The summed E-state index contributed by atoms with van der Waals surface area (Å²) in [5.74, 6) is 0.735. The first kappa shape index (κ1) is 10.4. The molecule has 0 saturated heterocycles. The molecule has 0 aliphatic heterocycles. The van der Waals surface area contributed by atoms with Gasteiger partial charge in [0.2, 0.25) is 0 Å². The average Bonchev–Trinajstić information content (AvgIpc) is 2.21. The van der Waals surface area contributed by atoms with Crippen LogP contribution < -0.4 is 4.74 Å². The third-order valence-electron chi connectivity index (χ3n) is 1.55. The Labute approximate surface area is 81.9 Å². The summed E-state index contributed by atoms with van der Waals surface area (Å²) in [7, 11) is 1.62. The lowest BCUT2D eigenvalue weighted by Crippen LogP contribution is -2.03. The van der Waals surface area contributed by atoms with Gasteiger partial charge in [0.1, 0.15) is 12.4 Å². The molecule has 14 heavy (non-hydrogen) atoms. The molecule has 0 aliphatic rings. The fourth-order valence-corrected chi connectivity index (χ4v) is 0.904. The van der Waals surface area contributed by atoms with Gasteiger partial charge in [-0.15, -0.1) is 0 Å². The monoisotopic (exact) mass is 193 g/mol. The lowest BCUT2D eigenvalue weighted by molar-refractivity contribution is 0.146. The van der Waals surface area contributed by atoms with Crippen molar-refractivity contribution in [3.05, 3.63) is 34.7 Å². The lowest BCUT2D eigenvalue weighted by Gasteiger charge is -2.04. The highest BCUT2D eigenvalue weighted by atomic mass is 16.5. The van der Waals surface area contributed by atoms with E-state index >= 15 is 0 Å². The molecule has 0 atom stereocenters. The van der Waals surface area contributed by atoms with Gasteiger partial charge in [-0.05, 0) is 29.8 Å². The summed E-state index contributed by atoms with van der Waals surface area (Å²) in [6.45, 7) is 1.06. The second kappa shape index (κ2) is 5.85. The van der Waals surface area contributed by atoms with Crippen LogP contribution in [0.1, 0.15) is 0 Å². The van der Waals surface area contributed by atoms with Gasteiger partial charge in [0, 0.05) is 17.7 Å². The molecule has 5 nitrogen and oxygen atoms in total. The highest BCUT2D eigenvalue weighted by molar-refractivity contribution is 5.40. The summed E-state index contributed by atoms with van der Waals surface area (Å²) in [5, 5.41) is 3.44. The molecule has 0 unspecified atom stereocenters. The van der Waals surface area contributed by atoms with Gasteiger partial charge in [0.05, 0.1) is 6.61 Å². The van der Waals surface area contributed by atoms with Crippen LogP contribution in [0.4, 0.5) is 5.69 Å². The summed E-state index contributed by atoms with van der Waals surface area (Å²) in [5.41, 5.74) is 8.75. The van der Waals surface area contributed by atoms with Gasteiger partial charge in [-0.25, -0.2) is 0 Å². The van der Waals surface area contributed by atoms with Gasteiger partial charge in [0.15, 0.2) is 0 Å². The number of benzene rings is 1. The topological polar surface area (TPSA) is 67.2 Å². The SMILES string of the molecule is COCCOc1ccc(N=[N+]=[N-])cc1. The minimum absolute atomic E-state index is 0.511. The first-order chi connectivity index (χ1) is 6.86. The van der Waals surface area contributed by atoms with Gasteiger partial charge >= 0.3 is 0 Å². The molecule has 5 heteroatoms. The average molecular weight is 193 g/mol. The van der Waals surface area contributed by atoms with Gasteiger partial charge in [-0.3, -0.25) is 0 Å². The van der Waals surface area contributed by atoms with E-state index in [1.165, 1.54) is 0 Å². The summed E-state index contributed by atoms with van der Waals surface area (Å²) in [4.78, 5) is 2.68. The summed E-state index contributed by atoms with van der Waals surface area (Å²) in [6, 6.07) is 6.89. The number of methoxy groups -OCH3 is 1. The molecule has 74 valence electrons. The lowest BCUT2D eigenvalue weighted by atomic mass is 10.3. The van der Waals surface area contributed by atoms with Crippen LogP contribution in [-0.4, -0.2) is 20.3 Å². The molecule has 1 aromatic rings. The van der Waals surface area contributed by atoms with Crippen LogP contribution in [0.2, 0.25) is 0 Å². The molecule has 0 heterocycles.